The fourth-order valence-electron chi connectivity index (χ4n) is 3.98. The Morgan fingerprint density at radius 1 is 1.20 bits per heavy atom. The van der Waals surface area contributed by atoms with Crippen LogP contribution < -0.4 is 10.2 Å². The number of rotatable bonds is 6. The molecule has 0 aromatic heterocycles. The minimum Gasteiger partial charge on any atom is -0.393 e. The van der Waals surface area contributed by atoms with Crippen LogP contribution in [-0.2, 0) is 4.79 Å². The van der Waals surface area contributed by atoms with Crippen molar-refractivity contribution in [3.8, 4) is 0 Å². The lowest BCUT2D eigenvalue weighted by atomic mass is 9.92. The highest BCUT2D eigenvalue weighted by Crippen LogP contribution is 2.23. The molecule has 2 heterocycles. The van der Waals surface area contributed by atoms with E-state index in [1.807, 2.05) is 13.0 Å². The summed E-state index contributed by atoms with van der Waals surface area (Å²) in [7, 11) is 0. The summed E-state index contributed by atoms with van der Waals surface area (Å²) in [6, 6.07) is 10.5. The van der Waals surface area contributed by atoms with Gasteiger partial charge in [0.2, 0.25) is 5.91 Å². The van der Waals surface area contributed by atoms with E-state index >= 15 is 0 Å². The van der Waals surface area contributed by atoms with Gasteiger partial charge in [0.25, 0.3) is 0 Å². The first-order valence-electron chi connectivity index (χ1n) is 9.59. The molecule has 2 aliphatic heterocycles. The van der Waals surface area contributed by atoms with Crippen molar-refractivity contribution in [3.05, 3.63) is 30.3 Å². The Balaban J connectivity index is 1.35. The van der Waals surface area contributed by atoms with Crippen LogP contribution in [0.4, 0.5) is 5.69 Å². The summed E-state index contributed by atoms with van der Waals surface area (Å²) in [5, 5.41) is 12.8. The number of hydrogen-bond donors (Lipinski definition) is 2. The van der Waals surface area contributed by atoms with Crippen LogP contribution in [0.1, 0.15) is 26.2 Å². The molecule has 25 heavy (non-hydrogen) atoms. The largest absolute Gasteiger partial charge is 0.393 e. The monoisotopic (exact) mass is 345 g/mol. The highest BCUT2D eigenvalue weighted by molar-refractivity contribution is 5.78. The molecular weight excluding hydrogens is 314 g/mol. The second kappa shape index (κ2) is 8.68. The first kappa shape index (κ1) is 18.2. The van der Waals surface area contributed by atoms with Crippen LogP contribution in [-0.4, -0.2) is 61.3 Å². The van der Waals surface area contributed by atoms with Crippen molar-refractivity contribution in [1.82, 2.24) is 10.2 Å². The summed E-state index contributed by atoms with van der Waals surface area (Å²) < 4.78 is 0. The van der Waals surface area contributed by atoms with Gasteiger partial charge in [0, 0.05) is 25.3 Å². The molecule has 0 spiro atoms. The van der Waals surface area contributed by atoms with Gasteiger partial charge in [-0.25, -0.2) is 0 Å². The number of carbonyl (C=O) groups excluding carboxylic acids is 1. The summed E-state index contributed by atoms with van der Waals surface area (Å²) in [5.41, 5.74) is 1.28. The van der Waals surface area contributed by atoms with E-state index in [4.69, 9.17) is 0 Å². The molecule has 1 amide bonds. The number of aliphatic hydroxyl groups is 1. The number of piperidine rings is 1. The first-order valence-corrected chi connectivity index (χ1v) is 9.59. The lowest BCUT2D eigenvalue weighted by Gasteiger charge is -2.32. The SMILES string of the molecule is CC(O)C1CCN(CC(=O)NCC2CCN(c3ccccc3)C2)CC1. The quantitative estimate of drug-likeness (QED) is 0.824. The summed E-state index contributed by atoms with van der Waals surface area (Å²) in [5.74, 6) is 1.06. The highest BCUT2D eigenvalue weighted by atomic mass is 16.3. The zero-order valence-corrected chi connectivity index (χ0v) is 15.2. The molecule has 2 N–H and O–H groups in total. The maximum Gasteiger partial charge on any atom is 0.234 e. The van der Waals surface area contributed by atoms with E-state index in [2.05, 4.69) is 39.4 Å². The maximum atomic E-state index is 12.2. The molecule has 5 nitrogen and oxygen atoms in total. The van der Waals surface area contributed by atoms with E-state index in [0.29, 0.717) is 18.4 Å². The second-order valence-electron chi connectivity index (χ2n) is 7.59. The third kappa shape index (κ3) is 5.19. The zero-order chi connectivity index (χ0) is 17.6. The van der Waals surface area contributed by atoms with E-state index in [1.165, 1.54) is 5.69 Å². The van der Waals surface area contributed by atoms with Gasteiger partial charge in [0.05, 0.1) is 12.6 Å². The van der Waals surface area contributed by atoms with Crippen LogP contribution in [0.15, 0.2) is 30.3 Å². The molecule has 2 aliphatic rings. The number of nitrogens with zero attached hydrogens (tertiary/aromatic N) is 2. The zero-order valence-electron chi connectivity index (χ0n) is 15.2. The molecule has 0 aliphatic carbocycles. The Morgan fingerprint density at radius 3 is 2.60 bits per heavy atom. The van der Waals surface area contributed by atoms with Gasteiger partial charge < -0.3 is 15.3 Å². The van der Waals surface area contributed by atoms with Crippen molar-refractivity contribution in [2.45, 2.75) is 32.3 Å². The third-order valence-corrected chi connectivity index (χ3v) is 5.68. The first-order chi connectivity index (χ1) is 12.1. The number of benzene rings is 1. The normalized spacial score (nSPS) is 23.6. The molecule has 2 atom stereocenters. The smallest absolute Gasteiger partial charge is 0.234 e. The maximum absolute atomic E-state index is 12.2. The fourth-order valence-corrected chi connectivity index (χ4v) is 3.98. The number of para-hydroxylation sites is 1. The van der Waals surface area contributed by atoms with Crippen LogP contribution in [0, 0.1) is 11.8 Å². The lowest BCUT2D eigenvalue weighted by molar-refractivity contribution is -0.122. The second-order valence-corrected chi connectivity index (χ2v) is 7.59. The molecule has 5 heteroatoms. The standard InChI is InChI=1S/C20H31N3O2/c1-16(24)18-8-10-22(11-9-18)15-20(25)21-13-17-7-12-23(14-17)19-5-3-2-4-6-19/h2-6,16-18,24H,7-15H2,1H3,(H,21,25). The van der Waals surface area contributed by atoms with Gasteiger partial charge in [-0.1, -0.05) is 18.2 Å². The number of carbonyl (C=O) groups is 1. The molecule has 2 fully saturated rings. The molecule has 1 aromatic carbocycles. The van der Waals surface area contributed by atoms with Crippen molar-refractivity contribution in [2.75, 3.05) is 44.2 Å². The average Bonchev–Trinajstić information content (AvgIpc) is 3.10. The van der Waals surface area contributed by atoms with Crippen molar-refractivity contribution in [1.29, 1.82) is 0 Å². The number of anilines is 1. The van der Waals surface area contributed by atoms with Crippen LogP contribution in [0.2, 0.25) is 0 Å². The van der Waals surface area contributed by atoms with Crippen LogP contribution in [0.3, 0.4) is 0 Å². The number of aliphatic hydroxyl groups excluding tert-OH is 1. The van der Waals surface area contributed by atoms with Gasteiger partial charge in [0.15, 0.2) is 0 Å². The summed E-state index contributed by atoms with van der Waals surface area (Å²) in [6.07, 6.45) is 2.87. The Bertz CT molecular complexity index is 541. The number of nitrogens with one attached hydrogen (secondary N) is 1. The van der Waals surface area contributed by atoms with Crippen LogP contribution in [0.25, 0.3) is 0 Å². The Labute approximate surface area is 151 Å². The van der Waals surface area contributed by atoms with E-state index in [-0.39, 0.29) is 12.0 Å². The predicted octanol–water partition coefficient (Wildman–Crippen LogP) is 1.72. The molecule has 2 unspecified atom stereocenters. The molecule has 138 valence electrons. The summed E-state index contributed by atoms with van der Waals surface area (Å²) >= 11 is 0. The van der Waals surface area contributed by atoms with E-state index in [9.17, 15) is 9.90 Å². The number of likely N-dealkylation sites (tertiary alicyclic amines) is 1. The summed E-state index contributed by atoms with van der Waals surface area (Å²) in [4.78, 5) is 16.8. The number of hydrogen-bond acceptors (Lipinski definition) is 4. The van der Waals surface area contributed by atoms with Gasteiger partial charge in [-0.15, -0.1) is 0 Å². The average molecular weight is 345 g/mol. The Hall–Kier alpha value is -1.59. The molecule has 0 radical (unpaired) electrons. The van der Waals surface area contributed by atoms with Crippen molar-refractivity contribution >= 4 is 11.6 Å². The van der Waals surface area contributed by atoms with Gasteiger partial charge >= 0.3 is 0 Å². The highest BCUT2D eigenvalue weighted by Gasteiger charge is 2.25. The molecule has 3 rings (SSSR count). The summed E-state index contributed by atoms with van der Waals surface area (Å²) in [6.45, 7) is 7.03. The third-order valence-electron chi connectivity index (χ3n) is 5.68. The minimum atomic E-state index is -0.231. The number of amides is 1. The van der Waals surface area contributed by atoms with Crippen molar-refractivity contribution < 1.29 is 9.90 Å². The van der Waals surface area contributed by atoms with E-state index < -0.39 is 0 Å². The molecule has 2 saturated heterocycles. The van der Waals surface area contributed by atoms with Gasteiger partial charge in [-0.2, -0.15) is 0 Å². The van der Waals surface area contributed by atoms with E-state index in [0.717, 1.165) is 52.0 Å². The Kier molecular flexibility index (Phi) is 6.32. The van der Waals surface area contributed by atoms with Crippen molar-refractivity contribution in [3.63, 3.8) is 0 Å². The fraction of sp³-hybridized carbons (Fsp3) is 0.650. The Morgan fingerprint density at radius 2 is 1.92 bits per heavy atom. The van der Waals surface area contributed by atoms with Crippen LogP contribution >= 0.6 is 0 Å². The van der Waals surface area contributed by atoms with Crippen LogP contribution in [0.5, 0.6) is 0 Å². The van der Waals surface area contributed by atoms with Gasteiger partial charge in [0.1, 0.15) is 0 Å². The van der Waals surface area contributed by atoms with Gasteiger partial charge in [-0.3, -0.25) is 9.69 Å². The van der Waals surface area contributed by atoms with E-state index in [1.54, 1.807) is 0 Å². The van der Waals surface area contributed by atoms with Gasteiger partial charge in [-0.05, 0) is 63.2 Å². The molecule has 0 bridgehead atoms. The molecular formula is C20H31N3O2. The minimum absolute atomic E-state index is 0.133. The molecule has 0 saturated carbocycles. The topological polar surface area (TPSA) is 55.8 Å². The predicted molar refractivity (Wildman–Crippen MR) is 101 cm³/mol. The lowest BCUT2D eigenvalue weighted by Crippen LogP contribution is -2.44. The van der Waals surface area contributed by atoms with Crippen molar-refractivity contribution in [2.24, 2.45) is 11.8 Å². The molecule has 1 aromatic rings.